The highest BCUT2D eigenvalue weighted by atomic mass is 35.5. The largest absolute Gasteiger partial charge is 0.478 e. The van der Waals surface area contributed by atoms with E-state index < -0.39 is 12.1 Å². The Morgan fingerprint density at radius 1 is 1.17 bits per heavy atom. The zero-order valence-electron chi connectivity index (χ0n) is 18.9. The van der Waals surface area contributed by atoms with Crippen molar-refractivity contribution in [3.8, 4) is 17.2 Å². The lowest BCUT2D eigenvalue weighted by molar-refractivity contribution is -0.145. The number of benzene rings is 3. The molecule has 2 heterocycles. The summed E-state index contributed by atoms with van der Waals surface area (Å²) in [6.07, 6.45) is 0.129. The van der Waals surface area contributed by atoms with Crippen LogP contribution in [0.4, 0.5) is 0 Å². The van der Waals surface area contributed by atoms with Crippen molar-refractivity contribution >= 4 is 28.6 Å². The number of hydrogen-bond donors (Lipinski definition) is 2. The quantitative estimate of drug-likeness (QED) is 0.360. The molecule has 5 rings (SSSR count). The maximum atomic E-state index is 12.5. The number of rotatable bonds is 8. The summed E-state index contributed by atoms with van der Waals surface area (Å²) < 4.78 is 18.4. The van der Waals surface area contributed by atoms with Crippen LogP contribution < -0.4 is 19.9 Å². The number of halogens is 1. The Morgan fingerprint density at radius 3 is 2.77 bits per heavy atom. The maximum absolute atomic E-state index is 12.5. The van der Waals surface area contributed by atoms with E-state index in [0.29, 0.717) is 35.8 Å². The van der Waals surface area contributed by atoms with E-state index in [4.69, 9.17) is 25.8 Å². The first-order chi connectivity index (χ1) is 16.9. The molecule has 1 atom stereocenters. The van der Waals surface area contributed by atoms with Gasteiger partial charge >= 0.3 is 11.7 Å². The van der Waals surface area contributed by atoms with Gasteiger partial charge in [-0.25, -0.2) is 9.59 Å². The lowest BCUT2D eigenvalue weighted by atomic mass is 10.0. The van der Waals surface area contributed by atoms with Crippen LogP contribution in [0.3, 0.4) is 0 Å². The van der Waals surface area contributed by atoms with Crippen molar-refractivity contribution in [1.82, 2.24) is 9.55 Å². The Balaban J connectivity index is 1.49. The van der Waals surface area contributed by atoms with Gasteiger partial charge in [-0.1, -0.05) is 49.2 Å². The van der Waals surface area contributed by atoms with Gasteiger partial charge in [0.15, 0.2) is 11.5 Å². The molecular weight excluding hydrogens is 472 g/mol. The van der Waals surface area contributed by atoms with E-state index in [1.807, 2.05) is 37.3 Å². The second kappa shape index (κ2) is 9.38. The molecular formula is C26H23ClN2O6. The molecule has 1 unspecified atom stereocenters. The van der Waals surface area contributed by atoms with Gasteiger partial charge in [0.1, 0.15) is 5.75 Å². The number of para-hydroxylation sites is 2. The molecule has 4 aromatic rings. The highest BCUT2D eigenvalue weighted by molar-refractivity contribution is 6.32. The van der Waals surface area contributed by atoms with Crippen molar-refractivity contribution in [2.75, 3.05) is 6.79 Å². The SMILES string of the molecule is CCCc1cc(Cn2c(=O)[nH]c3ccccc32)cc(Cl)c1OC(C(=O)O)c1ccc2c(c1)OCO2. The molecule has 0 saturated carbocycles. The van der Waals surface area contributed by atoms with Gasteiger partial charge in [-0.3, -0.25) is 4.57 Å². The Hall–Kier alpha value is -3.91. The normalized spacial score (nSPS) is 13.2. The second-order valence-electron chi connectivity index (χ2n) is 8.30. The average Bonchev–Trinajstić information content (AvgIpc) is 3.42. The summed E-state index contributed by atoms with van der Waals surface area (Å²) in [5.41, 5.74) is 3.33. The number of fused-ring (bicyclic) bond motifs is 2. The molecule has 1 aromatic heterocycles. The highest BCUT2D eigenvalue weighted by Crippen LogP contribution is 2.38. The first kappa shape index (κ1) is 22.9. The summed E-state index contributed by atoms with van der Waals surface area (Å²) in [4.78, 5) is 27.5. The Labute approximate surface area is 205 Å². The van der Waals surface area contributed by atoms with Crippen LogP contribution in [0.2, 0.25) is 5.02 Å². The number of ether oxygens (including phenoxy) is 3. The predicted octanol–water partition coefficient (Wildman–Crippen LogP) is 4.92. The van der Waals surface area contributed by atoms with Crippen LogP contribution in [0.15, 0.2) is 59.4 Å². The Kier molecular flexibility index (Phi) is 6.13. The van der Waals surface area contributed by atoms with Gasteiger partial charge in [0.25, 0.3) is 0 Å². The third-order valence-corrected chi connectivity index (χ3v) is 6.16. The fourth-order valence-electron chi connectivity index (χ4n) is 4.29. The first-order valence-electron chi connectivity index (χ1n) is 11.2. The molecule has 0 bridgehead atoms. The molecule has 1 aliphatic rings. The minimum Gasteiger partial charge on any atom is -0.478 e. The van der Waals surface area contributed by atoms with Crippen molar-refractivity contribution in [3.05, 3.63) is 86.8 Å². The fourth-order valence-corrected chi connectivity index (χ4v) is 4.60. The zero-order chi connectivity index (χ0) is 24.5. The summed E-state index contributed by atoms with van der Waals surface area (Å²) in [5, 5.41) is 10.2. The summed E-state index contributed by atoms with van der Waals surface area (Å²) >= 11 is 6.64. The van der Waals surface area contributed by atoms with Crippen LogP contribution in [0, 0.1) is 0 Å². The van der Waals surface area contributed by atoms with Crippen LogP contribution in [0.25, 0.3) is 11.0 Å². The van der Waals surface area contributed by atoms with Crippen LogP contribution in [0.1, 0.15) is 36.1 Å². The van der Waals surface area contributed by atoms with Gasteiger partial charge in [-0.2, -0.15) is 0 Å². The Bertz CT molecular complexity index is 1470. The molecule has 0 saturated heterocycles. The van der Waals surface area contributed by atoms with Crippen molar-refractivity contribution in [3.63, 3.8) is 0 Å². The number of aryl methyl sites for hydroxylation is 1. The zero-order valence-corrected chi connectivity index (χ0v) is 19.7. The van der Waals surface area contributed by atoms with E-state index in [1.165, 1.54) is 0 Å². The third kappa shape index (κ3) is 4.44. The number of aliphatic carboxylic acids is 1. The molecule has 2 N–H and O–H groups in total. The lowest BCUT2D eigenvalue weighted by Gasteiger charge is -2.20. The van der Waals surface area contributed by atoms with Crippen molar-refractivity contribution < 1.29 is 24.1 Å². The molecule has 0 radical (unpaired) electrons. The number of aromatic nitrogens is 2. The molecule has 0 amide bonds. The first-order valence-corrected chi connectivity index (χ1v) is 11.6. The minimum absolute atomic E-state index is 0.0881. The molecule has 0 fully saturated rings. The summed E-state index contributed by atoms with van der Waals surface area (Å²) in [6.45, 7) is 2.41. The number of aromatic amines is 1. The number of carbonyl (C=O) groups is 1. The van der Waals surface area contributed by atoms with E-state index in [-0.39, 0.29) is 17.5 Å². The van der Waals surface area contributed by atoms with Crippen LogP contribution >= 0.6 is 11.6 Å². The number of nitrogens with one attached hydrogen (secondary N) is 1. The van der Waals surface area contributed by atoms with Crippen LogP contribution in [-0.2, 0) is 17.8 Å². The topological polar surface area (TPSA) is 103 Å². The van der Waals surface area contributed by atoms with E-state index in [9.17, 15) is 14.7 Å². The number of hydrogen-bond acceptors (Lipinski definition) is 5. The van der Waals surface area contributed by atoms with E-state index in [1.54, 1.807) is 28.8 Å². The summed E-state index contributed by atoms with van der Waals surface area (Å²) in [7, 11) is 0. The third-order valence-electron chi connectivity index (χ3n) is 5.88. The van der Waals surface area contributed by atoms with Gasteiger partial charge in [0.2, 0.25) is 12.9 Å². The molecule has 3 aromatic carbocycles. The molecule has 35 heavy (non-hydrogen) atoms. The van der Waals surface area contributed by atoms with Crippen LogP contribution in [-0.4, -0.2) is 27.4 Å². The highest BCUT2D eigenvalue weighted by Gasteiger charge is 2.27. The number of imidazole rings is 1. The molecule has 0 spiro atoms. The molecule has 0 aliphatic carbocycles. The van der Waals surface area contributed by atoms with Gasteiger partial charge < -0.3 is 24.3 Å². The summed E-state index contributed by atoms with van der Waals surface area (Å²) in [6, 6.07) is 16.0. The van der Waals surface area contributed by atoms with Crippen LogP contribution in [0.5, 0.6) is 17.2 Å². The maximum Gasteiger partial charge on any atom is 0.349 e. The second-order valence-corrected chi connectivity index (χ2v) is 8.71. The fraction of sp³-hybridized carbons (Fsp3) is 0.231. The van der Waals surface area contributed by atoms with E-state index in [0.717, 1.165) is 28.6 Å². The number of carboxylic acid groups (broad SMARTS) is 1. The summed E-state index contributed by atoms with van der Waals surface area (Å²) in [5.74, 6) is 0.182. The molecule has 9 heteroatoms. The number of H-pyrrole nitrogens is 1. The predicted molar refractivity (Wildman–Crippen MR) is 131 cm³/mol. The van der Waals surface area contributed by atoms with E-state index >= 15 is 0 Å². The van der Waals surface area contributed by atoms with Crippen molar-refractivity contribution in [2.24, 2.45) is 0 Å². The van der Waals surface area contributed by atoms with Crippen molar-refractivity contribution in [2.45, 2.75) is 32.4 Å². The van der Waals surface area contributed by atoms with Gasteiger partial charge in [-0.15, -0.1) is 0 Å². The minimum atomic E-state index is -1.29. The number of carboxylic acids is 1. The van der Waals surface area contributed by atoms with Gasteiger partial charge in [0.05, 0.1) is 22.6 Å². The van der Waals surface area contributed by atoms with Crippen molar-refractivity contribution in [1.29, 1.82) is 0 Å². The Morgan fingerprint density at radius 2 is 1.97 bits per heavy atom. The average molecular weight is 495 g/mol. The monoisotopic (exact) mass is 494 g/mol. The molecule has 180 valence electrons. The van der Waals surface area contributed by atoms with Gasteiger partial charge in [-0.05, 0) is 47.9 Å². The van der Waals surface area contributed by atoms with Gasteiger partial charge in [0, 0.05) is 5.56 Å². The molecule has 1 aliphatic heterocycles. The standard InChI is InChI=1S/C26H23ClN2O6/c1-2-5-16-10-15(13-29-20-7-4-3-6-19(20)28-26(29)32)11-18(27)23(16)35-24(25(30)31)17-8-9-21-22(12-17)34-14-33-21/h3-4,6-12,24H,2,5,13-14H2,1H3,(H,28,32)(H,30,31). The van der Waals surface area contributed by atoms with E-state index in [2.05, 4.69) is 4.98 Å². The number of nitrogens with zero attached hydrogens (tertiary/aromatic N) is 1. The lowest BCUT2D eigenvalue weighted by Crippen LogP contribution is -2.20. The smallest absolute Gasteiger partial charge is 0.349 e. The molecule has 8 nitrogen and oxygen atoms in total.